The molecular formula is C23H32N6O3S. The van der Waals surface area contributed by atoms with Crippen LogP contribution in [0.1, 0.15) is 48.3 Å². The van der Waals surface area contributed by atoms with E-state index in [1.807, 2.05) is 39.6 Å². The molecule has 33 heavy (non-hydrogen) atoms. The number of nitrogens with zero attached hydrogens (tertiary/aromatic N) is 4. The first-order valence-corrected chi connectivity index (χ1v) is 12.0. The van der Waals surface area contributed by atoms with Gasteiger partial charge in [-0.2, -0.15) is 5.10 Å². The molecule has 0 aliphatic carbocycles. The molecule has 2 aliphatic heterocycles. The minimum atomic E-state index is -0.348. The Morgan fingerprint density at radius 2 is 1.94 bits per heavy atom. The van der Waals surface area contributed by atoms with Crippen molar-refractivity contribution in [1.29, 1.82) is 0 Å². The van der Waals surface area contributed by atoms with E-state index >= 15 is 0 Å². The number of hydrogen-bond donors (Lipinski definition) is 2. The summed E-state index contributed by atoms with van der Waals surface area (Å²) in [6, 6.07) is 9.46. The quantitative estimate of drug-likeness (QED) is 0.540. The van der Waals surface area contributed by atoms with Gasteiger partial charge in [-0.1, -0.05) is 18.2 Å². The van der Waals surface area contributed by atoms with Gasteiger partial charge in [-0.05, 0) is 50.0 Å². The third-order valence-corrected chi connectivity index (χ3v) is 6.73. The zero-order chi connectivity index (χ0) is 23.2. The lowest BCUT2D eigenvalue weighted by Crippen LogP contribution is -2.45. The number of ether oxygens (including phenoxy) is 1. The highest BCUT2D eigenvalue weighted by Gasteiger charge is 2.24. The maximum atomic E-state index is 12.4. The van der Waals surface area contributed by atoms with E-state index in [1.54, 1.807) is 0 Å². The third kappa shape index (κ3) is 6.27. The predicted molar refractivity (Wildman–Crippen MR) is 126 cm³/mol. The fourth-order valence-electron chi connectivity index (χ4n) is 4.44. The summed E-state index contributed by atoms with van der Waals surface area (Å²) in [5.74, 6) is 0.404. The van der Waals surface area contributed by atoms with Gasteiger partial charge in [0.1, 0.15) is 5.82 Å². The van der Waals surface area contributed by atoms with Crippen LogP contribution in [0.4, 0.5) is 0 Å². The molecule has 1 atom stereocenters. The summed E-state index contributed by atoms with van der Waals surface area (Å²) in [5.41, 5.74) is 6.05. The second kappa shape index (κ2) is 11.0. The second-order valence-corrected chi connectivity index (χ2v) is 9.15. The molecule has 0 bridgehead atoms. The highest BCUT2D eigenvalue weighted by molar-refractivity contribution is 7.71. The fourth-order valence-corrected chi connectivity index (χ4v) is 4.72. The summed E-state index contributed by atoms with van der Waals surface area (Å²) in [6.45, 7) is 3.70. The van der Waals surface area contributed by atoms with Crippen molar-refractivity contribution in [3.8, 4) is 0 Å². The lowest BCUT2D eigenvalue weighted by Gasteiger charge is -2.32. The Morgan fingerprint density at radius 3 is 2.61 bits per heavy atom. The number of likely N-dealkylation sites (tertiary alicyclic amines) is 1. The van der Waals surface area contributed by atoms with E-state index in [0.717, 1.165) is 51.2 Å². The van der Waals surface area contributed by atoms with Gasteiger partial charge < -0.3 is 20.4 Å². The number of amides is 2. The lowest BCUT2D eigenvalue weighted by atomic mass is 10.0. The van der Waals surface area contributed by atoms with Crippen molar-refractivity contribution >= 4 is 24.0 Å². The number of carbonyl (C=O) groups excluding carboxylic acids is 2. The number of aryl methyl sites for hydroxylation is 1. The summed E-state index contributed by atoms with van der Waals surface area (Å²) in [6.07, 6.45) is 4.64. The monoisotopic (exact) mass is 472 g/mol. The van der Waals surface area contributed by atoms with Gasteiger partial charge in [0.05, 0.1) is 19.3 Å². The average molecular weight is 473 g/mol. The zero-order valence-electron chi connectivity index (χ0n) is 18.8. The van der Waals surface area contributed by atoms with E-state index in [2.05, 4.69) is 10.2 Å². The van der Waals surface area contributed by atoms with Gasteiger partial charge in [0.25, 0.3) is 5.91 Å². The molecule has 0 spiro atoms. The lowest BCUT2D eigenvalue weighted by molar-refractivity contribution is -0.118. The van der Waals surface area contributed by atoms with Gasteiger partial charge in [0.15, 0.2) is 4.77 Å². The molecule has 178 valence electrons. The molecule has 1 aromatic heterocycles. The molecule has 2 amide bonds. The van der Waals surface area contributed by atoms with Gasteiger partial charge in [-0.15, -0.1) is 0 Å². The van der Waals surface area contributed by atoms with Gasteiger partial charge >= 0.3 is 0 Å². The van der Waals surface area contributed by atoms with Crippen LogP contribution in [0, 0.1) is 4.77 Å². The van der Waals surface area contributed by atoms with E-state index in [-0.39, 0.29) is 30.4 Å². The average Bonchev–Trinajstić information content (AvgIpc) is 3.43. The molecule has 0 radical (unpaired) electrons. The summed E-state index contributed by atoms with van der Waals surface area (Å²) in [5, 5.41) is 7.87. The van der Waals surface area contributed by atoms with E-state index in [0.29, 0.717) is 30.0 Å². The fraction of sp³-hybridized carbons (Fsp3) is 0.565. The minimum absolute atomic E-state index is 0.0248. The van der Waals surface area contributed by atoms with Crippen LogP contribution in [0.5, 0.6) is 0 Å². The van der Waals surface area contributed by atoms with Crippen molar-refractivity contribution in [2.24, 2.45) is 5.73 Å². The summed E-state index contributed by atoms with van der Waals surface area (Å²) in [4.78, 5) is 26.0. The van der Waals surface area contributed by atoms with Crippen LogP contribution in [-0.2, 0) is 29.2 Å². The van der Waals surface area contributed by atoms with Gasteiger partial charge in [-0.3, -0.25) is 14.5 Å². The normalized spacial score (nSPS) is 19.6. The molecule has 3 N–H and O–H groups in total. The molecule has 2 aliphatic rings. The van der Waals surface area contributed by atoms with Crippen LogP contribution in [0.25, 0.3) is 0 Å². The standard InChI is InChI=1S/C23H32N6O3S/c24-20(30)8-9-21-26-29(23(33)28(21)15-19-7-4-14-32-19)16-27-12-10-18(11-13-27)25-22(31)17-5-2-1-3-6-17/h1-3,5-6,18-19H,4,7-16H2,(H2,24,30)(H,25,31). The predicted octanol–water partition coefficient (Wildman–Crippen LogP) is 1.86. The Hall–Kier alpha value is -2.56. The van der Waals surface area contributed by atoms with E-state index in [1.165, 1.54) is 0 Å². The molecule has 4 rings (SSSR count). The van der Waals surface area contributed by atoms with Crippen LogP contribution in [0.3, 0.4) is 0 Å². The maximum absolute atomic E-state index is 12.4. The number of primary amides is 1. The zero-order valence-corrected chi connectivity index (χ0v) is 19.6. The van der Waals surface area contributed by atoms with Gasteiger partial charge in [0.2, 0.25) is 5.91 Å². The number of piperidine rings is 1. The molecule has 9 nitrogen and oxygen atoms in total. The summed E-state index contributed by atoms with van der Waals surface area (Å²) in [7, 11) is 0. The molecule has 1 unspecified atom stereocenters. The van der Waals surface area contributed by atoms with Crippen LogP contribution in [0.15, 0.2) is 30.3 Å². The number of aromatic nitrogens is 3. The van der Waals surface area contributed by atoms with E-state index < -0.39 is 0 Å². The Morgan fingerprint density at radius 1 is 1.18 bits per heavy atom. The highest BCUT2D eigenvalue weighted by atomic mass is 32.1. The van der Waals surface area contributed by atoms with Crippen molar-refractivity contribution in [3.63, 3.8) is 0 Å². The first kappa shape index (κ1) is 23.6. The number of hydrogen-bond acceptors (Lipinski definition) is 6. The van der Waals surface area contributed by atoms with Gasteiger partial charge in [-0.25, -0.2) is 4.68 Å². The largest absolute Gasteiger partial charge is 0.376 e. The number of carbonyl (C=O) groups is 2. The Kier molecular flexibility index (Phi) is 7.89. The van der Waals surface area contributed by atoms with Crippen LogP contribution in [0.2, 0.25) is 0 Å². The van der Waals surface area contributed by atoms with Crippen molar-refractivity contribution in [2.75, 3.05) is 19.7 Å². The topological polar surface area (TPSA) is 107 Å². The molecule has 2 aromatic rings. The van der Waals surface area contributed by atoms with Crippen molar-refractivity contribution in [2.45, 2.75) is 63.9 Å². The first-order valence-electron chi connectivity index (χ1n) is 11.6. The molecule has 3 heterocycles. The Labute approximate surface area is 198 Å². The number of nitrogens with one attached hydrogen (secondary N) is 1. The Bertz CT molecular complexity index is 1010. The van der Waals surface area contributed by atoms with E-state index in [9.17, 15) is 9.59 Å². The molecule has 2 saturated heterocycles. The maximum Gasteiger partial charge on any atom is 0.251 e. The minimum Gasteiger partial charge on any atom is -0.376 e. The van der Waals surface area contributed by atoms with Crippen LogP contribution in [-0.4, -0.2) is 62.9 Å². The molecule has 0 saturated carbocycles. The third-order valence-electron chi connectivity index (χ3n) is 6.30. The molecular weight excluding hydrogens is 440 g/mol. The van der Waals surface area contributed by atoms with E-state index in [4.69, 9.17) is 27.8 Å². The summed E-state index contributed by atoms with van der Waals surface area (Å²) < 4.78 is 10.3. The van der Waals surface area contributed by atoms with Crippen molar-refractivity contribution in [3.05, 3.63) is 46.5 Å². The number of rotatable bonds is 9. The smallest absolute Gasteiger partial charge is 0.251 e. The molecule has 2 fully saturated rings. The summed E-state index contributed by atoms with van der Waals surface area (Å²) >= 11 is 5.74. The van der Waals surface area contributed by atoms with Crippen LogP contribution < -0.4 is 11.1 Å². The first-order chi connectivity index (χ1) is 16.0. The Balaban J connectivity index is 1.36. The molecule has 10 heteroatoms. The van der Waals surface area contributed by atoms with Gasteiger partial charge in [0, 0.05) is 44.1 Å². The highest BCUT2D eigenvalue weighted by Crippen LogP contribution is 2.17. The molecule has 1 aromatic carbocycles. The number of benzene rings is 1. The number of nitrogens with two attached hydrogens (primary N) is 1. The SMILES string of the molecule is NC(=O)CCc1nn(CN2CCC(NC(=O)c3ccccc3)CC2)c(=S)n1CC1CCCO1. The van der Waals surface area contributed by atoms with Crippen molar-refractivity contribution in [1.82, 2.24) is 24.6 Å². The van der Waals surface area contributed by atoms with Crippen molar-refractivity contribution < 1.29 is 14.3 Å². The second-order valence-electron chi connectivity index (χ2n) is 8.78. The van der Waals surface area contributed by atoms with Crippen LogP contribution >= 0.6 is 12.2 Å².